The zero-order valence-corrected chi connectivity index (χ0v) is 10.9. The first-order chi connectivity index (χ1) is 8.26. The predicted molar refractivity (Wildman–Crippen MR) is 72.4 cm³/mol. The van der Waals surface area contributed by atoms with Gasteiger partial charge in [0.15, 0.2) is 0 Å². The summed E-state index contributed by atoms with van der Waals surface area (Å²) in [5.41, 5.74) is 6.88. The molecular weight excluding hydrogens is 212 g/mol. The van der Waals surface area contributed by atoms with Crippen molar-refractivity contribution in [1.82, 2.24) is 5.32 Å². The van der Waals surface area contributed by atoms with Gasteiger partial charge in [-0.25, -0.2) is 0 Å². The topological polar surface area (TPSA) is 47.3 Å². The minimum absolute atomic E-state index is 0.610. The Hall–Kier alpha value is -1.06. The number of benzene rings is 1. The minimum Gasteiger partial charge on any atom is -0.497 e. The van der Waals surface area contributed by atoms with Gasteiger partial charge in [0, 0.05) is 0 Å². The van der Waals surface area contributed by atoms with Crippen molar-refractivity contribution in [1.29, 1.82) is 0 Å². The maximum atomic E-state index is 5.57. The van der Waals surface area contributed by atoms with E-state index in [1.807, 2.05) is 12.1 Å². The van der Waals surface area contributed by atoms with E-state index in [1.165, 1.54) is 5.56 Å². The summed E-state index contributed by atoms with van der Waals surface area (Å²) in [5.74, 6) is 1.54. The number of hydrogen-bond donors (Lipinski definition) is 2. The van der Waals surface area contributed by atoms with E-state index in [2.05, 4.69) is 24.4 Å². The van der Waals surface area contributed by atoms with Crippen LogP contribution in [0.4, 0.5) is 0 Å². The van der Waals surface area contributed by atoms with E-state index in [1.54, 1.807) is 7.11 Å². The number of nitrogens with two attached hydrogens (primary N) is 1. The molecule has 3 heteroatoms. The normalized spacial score (nSPS) is 12.4. The zero-order valence-electron chi connectivity index (χ0n) is 10.9. The molecule has 3 N–H and O–H groups in total. The molecule has 0 bridgehead atoms. The smallest absolute Gasteiger partial charge is 0.119 e. The quantitative estimate of drug-likeness (QED) is 0.677. The molecule has 1 aromatic carbocycles. The molecule has 0 fully saturated rings. The predicted octanol–water partition coefficient (Wildman–Crippen LogP) is 1.81. The van der Waals surface area contributed by atoms with Crippen LogP contribution < -0.4 is 15.8 Å². The Labute approximate surface area is 104 Å². The van der Waals surface area contributed by atoms with Crippen molar-refractivity contribution in [3.63, 3.8) is 0 Å². The SMILES string of the molecule is COc1cccc(CCNCCC(C)CN)c1. The Morgan fingerprint density at radius 2 is 2.18 bits per heavy atom. The molecule has 0 aromatic heterocycles. The molecular formula is C14H24N2O. The largest absolute Gasteiger partial charge is 0.497 e. The van der Waals surface area contributed by atoms with Crippen LogP contribution >= 0.6 is 0 Å². The fraction of sp³-hybridized carbons (Fsp3) is 0.571. The van der Waals surface area contributed by atoms with Gasteiger partial charge in [0.1, 0.15) is 5.75 Å². The van der Waals surface area contributed by atoms with Crippen LogP contribution in [-0.2, 0) is 6.42 Å². The van der Waals surface area contributed by atoms with Crippen LogP contribution in [-0.4, -0.2) is 26.7 Å². The van der Waals surface area contributed by atoms with Crippen molar-refractivity contribution < 1.29 is 4.74 Å². The maximum Gasteiger partial charge on any atom is 0.119 e. The molecule has 0 amide bonds. The molecule has 17 heavy (non-hydrogen) atoms. The average Bonchev–Trinajstić information content (AvgIpc) is 2.38. The molecule has 0 saturated carbocycles. The maximum absolute atomic E-state index is 5.57. The van der Waals surface area contributed by atoms with Crippen molar-refractivity contribution >= 4 is 0 Å². The molecule has 0 saturated heterocycles. The monoisotopic (exact) mass is 236 g/mol. The summed E-state index contributed by atoms with van der Waals surface area (Å²) in [4.78, 5) is 0. The average molecular weight is 236 g/mol. The van der Waals surface area contributed by atoms with Gasteiger partial charge in [0.2, 0.25) is 0 Å². The third-order valence-corrected chi connectivity index (χ3v) is 2.94. The zero-order chi connectivity index (χ0) is 12.5. The third kappa shape index (κ3) is 5.71. The summed E-state index contributed by atoms with van der Waals surface area (Å²) in [6.45, 7) is 5.01. The molecule has 0 aliphatic rings. The molecule has 0 aliphatic heterocycles. The van der Waals surface area contributed by atoms with E-state index in [4.69, 9.17) is 10.5 Å². The van der Waals surface area contributed by atoms with E-state index < -0.39 is 0 Å². The summed E-state index contributed by atoms with van der Waals surface area (Å²) in [6, 6.07) is 8.22. The van der Waals surface area contributed by atoms with Gasteiger partial charge in [0.25, 0.3) is 0 Å². The van der Waals surface area contributed by atoms with Gasteiger partial charge < -0.3 is 15.8 Å². The molecule has 1 atom stereocenters. The lowest BCUT2D eigenvalue weighted by Crippen LogP contribution is -2.22. The fourth-order valence-corrected chi connectivity index (χ4v) is 1.65. The van der Waals surface area contributed by atoms with E-state index >= 15 is 0 Å². The second kappa shape index (κ2) is 8.09. The highest BCUT2D eigenvalue weighted by Gasteiger charge is 1.99. The number of rotatable bonds is 8. The van der Waals surface area contributed by atoms with Crippen LogP contribution in [0.15, 0.2) is 24.3 Å². The highest BCUT2D eigenvalue weighted by molar-refractivity contribution is 5.28. The van der Waals surface area contributed by atoms with Crippen LogP contribution in [0.2, 0.25) is 0 Å². The van der Waals surface area contributed by atoms with Crippen molar-refractivity contribution in [3.05, 3.63) is 29.8 Å². The number of ether oxygens (including phenoxy) is 1. The third-order valence-electron chi connectivity index (χ3n) is 2.94. The van der Waals surface area contributed by atoms with Crippen LogP contribution in [0, 0.1) is 5.92 Å². The lowest BCUT2D eigenvalue weighted by Gasteiger charge is -2.09. The highest BCUT2D eigenvalue weighted by Crippen LogP contribution is 2.12. The molecule has 0 aliphatic carbocycles. The number of methoxy groups -OCH3 is 1. The van der Waals surface area contributed by atoms with E-state index in [9.17, 15) is 0 Å². The molecule has 1 unspecified atom stereocenters. The van der Waals surface area contributed by atoms with Crippen LogP contribution in [0.3, 0.4) is 0 Å². The second-order valence-corrected chi connectivity index (χ2v) is 4.48. The Morgan fingerprint density at radius 3 is 2.88 bits per heavy atom. The first-order valence-electron chi connectivity index (χ1n) is 6.30. The molecule has 0 heterocycles. The van der Waals surface area contributed by atoms with Crippen molar-refractivity contribution in [2.45, 2.75) is 19.8 Å². The van der Waals surface area contributed by atoms with E-state index in [0.717, 1.165) is 38.2 Å². The first-order valence-corrected chi connectivity index (χ1v) is 6.30. The van der Waals surface area contributed by atoms with E-state index in [0.29, 0.717) is 5.92 Å². The Bertz CT molecular complexity index is 315. The van der Waals surface area contributed by atoms with Crippen molar-refractivity contribution in [3.8, 4) is 5.75 Å². The standard InChI is InChI=1S/C14H24N2O/c1-12(11-15)6-8-16-9-7-13-4-3-5-14(10-13)17-2/h3-5,10,12,16H,6-9,11,15H2,1-2H3. The number of nitrogens with one attached hydrogen (secondary N) is 1. The second-order valence-electron chi connectivity index (χ2n) is 4.48. The summed E-state index contributed by atoms with van der Waals surface area (Å²) in [5, 5.41) is 3.44. The van der Waals surface area contributed by atoms with E-state index in [-0.39, 0.29) is 0 Å². The molecule has 0 radical (unpaired) electrons. The lowest BCUT2D eigenvalue weighted by molar-refractivity contribution is 0.414. The van der Waals surface area contributed by atoms with Crippen molar-refractivity contribution in [2.75, 3.05) is 26.7 Å². The molecule has 96 valence electrons. The van der Waals surface area contributed by atoms with Gasteiger partial charge in [-0.3, -0.25) is 0 Å². The van der Waals surface area contributed by atoms with Crippen molar-refractivity contribution in [2.24, 2.45) is 11.7 Å². The van der Waals surface area contributed by atoms with Gasteiger partial charge in [0.05, 0.1) is 7.11 Å². The Morgan fingerprint density at radius 1 is 1.35 bits per heavy atom. The van der Waals surface area contributed by atoms with Gasteiger partial charge in [-0.2, -0.15) is 0 Å². The molecule has 1 rings (SSSR count). The van der Waals surface area contributed by atoms with Crippen LogP contribution in [0.1, 0.15) is 18.9 Å². The summed E-state index contributed by atoms with van der Waals surface area (Å²) in [6.07, 6.45) is 2.18. The fourth-order valence-electron chi connectivity index (χ4n) is 1.65. The Balaban J connectivity index is 2.17. The van der Waals surface area contributed by atoms with Crippen LogP contribution in [0.25, 0.3) is 0 Å². The van der Waals surface area contributed by atoms with Gasteiger partial charge in [-0.1, -0.05) is 19.1 Å². The minimum atomic E-state index is 0.610. The van der Waals surface area contributed by atoms with Crippen LogP contribution in [0.5, 0.6) is 5.75 Å². The van der Waals surface area contributed by atoms with Gasteiger partial charge in [-0.15, -0.1) is 0 Å². The Kier molecular flexibility index (Phi) is 6.67. The highest BCUT2D eigenvalue weighted by atomic mass is 16.5. The van der Waals surface area contributed by atoms with Gasteiger partial charge >= 0.3 is 0 Å². The molecule has 0 spiro atoms. The van der Waals surface area contributed by atoms with Gasteiger partial charge in [-0.05, 0) is 56.1 Å². The first kappa shape index (κ1) is 14.0. The summed E-state index contributed by atoms with van der Waals surface area (Å²) in [7, 11) is 1.70. The molecule has 3 nitrogen and oxygen atoms in total. The molecule has 1 aromatic rings. The lowest BCUT2D eigenvalue weighted by atomic mass is 10.1. The summed E-state index contributed by atoms with van der Waals surface area (Å²) < 4.78 is 5.19. The summed E-state index contributed by atoms with van der Waals surface area (Å²) >= 11 is 0. The number of hydrogen-bond acceptors (Lipinski definition) is 3.